The van der Waals surface area contributed by atoms with Gasteiger partial charge in [-0.2, -0.15) is 5.10 Å². The monoisotopic (exact) mass is 403 g/mol. The van der Waals surface area contributed by atoms with Gasteiger partial charge >= 0.3 is 0 Å². The maximum atomic E-state index is 13.5. The zero-order valence-electron chi connectivity index (χ0n) is 14.3. The van der Waals surface area contributed by atoms with Crippen LogP contribution in [-0.2, 0) is 11.8 Å². The van der Waals surface area contributed by atoms with E-state index in [1.54, 1.807) is 34.9 Å². The number of halogens is 2. The largest absolute Gasteiger partial charge is 0.305 e. The Balaban J connectivity index is 1.57. The second-order valence-electron chi connectivity index (χ2n) is 5.48. The fourth-order valence-corrected chi connectivity index (χ4v) is 3.13. The van der Waals surface area contributed by atoms with Gasteiger partial charge < -0.3 is 4.57 Å². The number of rotatable bonds is 6. The third kappa shape index (κ3) is 4.93. The van der Waals surface area contributed by atoms with Gasteiger partial charge in [0.1, 0.15) is 5.82 Å². The number of aromatic nitrogens is 3. The molecule has 0 aliphatic carbocycles. The molecule has 0 saturated carbocycles. The van der Waals surface area contributed by atoms with Crippen molar-refractivity contribution in [3.05, 3.63) is 64.9 Å². The van der Waals surface area contributed by atoms with Gasteiger partial charge in [-0.05, 0) is 18.2 Å². The normalized spacial score (nSPS) is 11.1. The summed E-state index contributed by atoms with van der Waals surface area (Å²) < 4.78 is 15.2. The topological polar surface area (TPSA) is 72.2 Å². The number of carbonyl (C=O) groups excluding carboxylic acids is 1. The highest BCUT2D eigenvalue weighted by Gasteiger charge is 2.13. The predicted molar refractivity (Wildman–Crippen MR) is 104 cm³/mol. The van der Waals surface area contributed by atoms with E-state index in [0.29, 0.717) is 21.6 Å². The molecule has 0 fully saturated rings. The molecule has 6 nitrogen and oxygen atoms in total. The molecule has 0 aliphatic rings. The van der Waals surface area contributed by atoms with Crippen LogP contribution in [-0.4, -0.2) is 32.6 Å². The van der Waals surface area contributed by atoms with Crippen LogP contribution in [0.5, 0.6) is 0 Å². The van der Waals surface area contributed by atoms with Gasteiger partial charge in [0.25, 0.3) is 5.91 Å². The highest BCUT2D eigenvalue weighted by atomic mass is 35.5. The molecular weight excluding hydrogens is 389 g/mol. The molecule has 0 unspecified atom stereocenters. The molecule has 0 atom stereocenters. The fraction of sp³-hybridized carbons (Fsp3) is 0.111. The van der Waals surface area contributed by atoms with Crippen LogP contribution in [0.3, 0.4) is 0 Å². The summed E-state index contributed by atoms with van der Waals surface area (Å²) in [7, 11) is 1.81. The highest BCUT2D eigenvalue weighted by Crippen LogP contribution is 2.24. The number of benzene rings is 2. The number of nitrogens with one attached hydrogen (secondary N) is 1. The summed E-state index contributed by atoms with van der Waals surface area (Å²) in [5.74, 6) is 0.00577. The Hall–Kier alpha value is -2.71. The standard InChI is InChI=1S/C18H15ClFN5OS/c1-25-17(12-6-4-7-14(19)9-12)23-24-18(25)27-11-16(26)22-21-10-13-5-2-3-8-15(13)20/h2-10H,11H2,1H3,(H,22,26)/b21-10+. The lowest BCUT2D eigenvalue weighted by molar-refractivity contribution is -0.118. The summed E-state index contributed by atoms with van der Waals surface area (Å²) in [6, 6.07) is 13.5. The summed E-state index contributed by atoms with van der Waals surface area (Å²) in [5.41, 5.74) is 3.49. The van der Waals surface area contributed by atoms with E-state index in [1.807, 2.05) is 19.2 Å². The van der Waals surface area contributed by atoms with E-state index in [-0.39, 0.29) is 11.7 Å². The van der Waals surface area contributed by atoms with Gasteiger partial charge in [-0.3, -0.25) is 4.79 Å². The molecule has 0 radical (unpaired) electrons. The van der Waals surface area contributed by atoms with Crippen molar-refractivity contribution in [2.45, 2.75) is 5.16 Å². The number of hydrogen-bond donors (Lipinski definition) is 1. The molecular formula is C18H15ClFN5OS. The predicted octanol–water partition coefficient (Wildman–Crippen LogP) is 3.52. The molecule has 1 N–H and O–H groups in total. The lowest BCUT2D eigenvalue weighted by Gasteiger charge is -2.04. The van der Waals surface area contributed by atoms with Crippen LogP contribution in [0.15, 0.2) is 58.8 Å². The molecule has 27 heavy (non-hydrogen) atoms. The van der Waals surface area contributed by atoms with Crippen molar-refractivity contribution in [3.63, 3.8) is 0 Å². The number of hydrogen-bond acceptors (Lipinski definition) is 5. The van der Waals surface area contributed by atoms with Gasteiger partial charge in [-0.15, -0.1) is 10.2 Å². The highest BCUT2D eigenvalue weighted by molar-refractivity contribution is 7.99. The SMILES string of the molecule is Cn1c(SCC(=O)N/N=C/c2ccccc2F)nnc1-c1cccc(Cl)c1. The van der Waals surface area contributed by atoms with Crippen molar-refractivity contribution in [2.75, 3.05) is 5.75 Å². The molecule has 1 aromatic heterocycles. The lowest BCUT2D eigenvalue weighted by Crippen LogP contribution is -2.20. The number of thioether (sulfide) groups is 1. The zero-order valence-corrected chi connectivity index (χ0v) is 15.8. The van der Waals surface area contributed by atoms with Crippen molar-refractivity contribution < 1.29 is 9.18 Å². The Morgan fingerprint density at radius 3 is 2.89 bits per heavy atom. The smallest absolute Gasteiger partial charge is 0.250 e. The van der Waals surface area contributed by atoms with Gasteiger partial charge in [0.05, 0.1) is 12.0 Å². The third-order valence-corrected chi connectivity index (χ3v) is 4.80. The Kier molecular flexibility index (Phi) is 6.20. The van der Waals surface area contributed by atoms with Crippen LogP contribution in [0.2, 0.25) is 5.02 Å². The van der Waals surface area contributed by atoms with Crippen LogP contribution >= 0.6 is 23.4 Å². The maximum absolute atomic E-state index is 13.5. The minimum absolute atomic E-state index is 0.0934. The number of amides is 1. The molecule has 0 aliphatic heterocycles. The lowest BCUT2D eigenvalue weighted by atomic mass is 10.2. The Morgan fingerprint density at radius 2 is 2.11 bits per heavy atom. The molecule has 9 heteroatoms. The van der Waals surface area contributed by atoms with Crippen LogP contribution in [0.4, 0.5) is 4.39 Å². The Labute approximate surface area is 164 Å². The molecule has 1 heterocycles. The van der Waals surface area contributed by atoms with E-state index in [0.717, 1.165) is 5.56 Å². The Morgan fingerprint density at radius 1 is 1.30 bits per heavy atom. The number of nitrogens with zero attached hydrogens (tertiary/aromatic N) is 4. The van der Waals surface area contributed by atoms with Gasteiger partial charge in [0.2, 0.25) is 0 Å². The first-order valence-electron chi connectivity index (χ1n) is 7.89. The first-order valence-corrected chi connectivity index (χ1v) is 9.25. The fourth-order valence-electron chi connectivity index (χ4n) is 2.24. The van der Waals surface area contributed by atoms with Gasteiger partial charge in [-0.25, -0.2) is 9.82 Å². The number of hydrazone groups is 1. The summed E-state index contributed by atoms with van der Waals surface area (Å²) in [5, 5.41) is 13.2. The van der Waals surface area contributed by atoms with Crippen molar-refractivity contribution in [3.8, 4) is 11.4 Å². The van der Waals surface area contributed by atoms with Crippen LogP contribution in [0, 0.1) is 5.82 Å². The molecule has 138 valence electrons. The minimum Gasteiger partial charge on any atom is -0.305 e. The minimum atomic E-state index is -0.405. The first-order chi connectivity index (χ1) is 13.0. The summed E-state index contributed by atoms with van der Waals surface area (Å²) in [6.07, 6.45) is 1.26. The van der Waals surface area contributed by atoms with Crippen molar-refractivity contribution in [1.82, 2.24) is 20.2 Å². The van der Waals surface area contributed by atoms with E-state index in [4.69, 9.17) is 11.6 Å². The van der Waals surface area contributed by atoms with E-state index < -0.39 is 5.82 Å². The maximum Gasteiger partial charge on any atom is 0.250 e. The number of carbonyl (C=O) groups is 1. The molecule has 0 saturated heterocycles. The average molecular weight is 404 g/mol. The third-order valence-electron chi connectivity index (χ3n) is 3.55. The molecule has 3 rings (SSSR count). The van der Waals surface area contributed by atoms with E-state index in [1.165, 1.54) is 24.0 Å². The van der Waals surface area contributed by atoms with Crippen LogP contribution in [0.25, 0.3) is 11.4 Å². The van der Waals surface area contributed by atoms with Gasteiger partial charge in [0.15, 0.2) is 11.0 Å². The summed E-state index contributed by atoms with van der Waals surface area (Å²) >= 11 is 7.23. The molecule has 3 aromatic rings. The van der Waals surface area contributed by atoms with Gasteiger partial charge in [0, 0.05) is 23.2 Å². The second kappa shape index (κ2) is 8.79. The van der Waals surface area contributed by atoms with Crippen molar-refractivity contribution in [1.29, 1.82) is 0 Å². The summed E-state index contributed by atoms with van der Waals surface area (Å²) in [4.78, 5) is 11.9. The average Bonchev–Trinajstić information content (AvgIpc) is 3.02. The van der Waals surface area contributed by atoms with E-state index >= 15 is 0 Å². The van der Waals surface area contributed by atoms with E-state index in [2.05, 4.69) is 20.7 Å². The Bertz CT molecular complexity index is 991. The first kappa shape index (κ1) is 19.1. The molecule has 0 spiro atoms. The zero-order chi connectivity index (χ0) is 19.2. The van der Waals surface area contributed by atoms with Crippen LogP contribution in [0.1, 0.15) is 5.56 Å². The second-order valence-corrected chi connectivity index (χ2v) is 6.86. The quantitative estimate of drug-likeness (QED) is 0.388. The summed E-state index contributed by atoms with van der Waals surface area (Å²) in [6.45, 7) is 0. The van der Waals surface area contributed by atoms with Gasteiger partial charge in [-0.1, -0.05) is 53.7 Å². The molecule has 0 bridgehead atoms. The molecule has 2 aromatic carbocycles. The molecule has 1 amide bonds. The van der Waals surface area contributed by atoms with Crippen molar-refractivity contribution in [2.24, 2.45) is 12.1 Å². The van der Waals surface area contributed by atoms with E-state index in [9.17, 15) is 9.18 Å². The van der Waals surface area contributed by atoms with Crippen molar-refractivity contribution >= 4 is 35.5 Å². The van der Waals surface area contributed by atoms with Crippen LogP contribution < -0.4 is 5.43 Å².